The van der Waals surface area contributed by atoms with Crippen molar-refractivity contribution in [1.29, 1.82) is 0 Å². The van der Waals surface area contributed by atoms with Crippen LogP contribution in [0.5, 0.6) is 0 Å². The molecule has 0 aliphatic carbocycles. The highest BCUT2D eigenvalue weighted by Crippen LogP contribution is 2.11. The van der Waals surface area contributed by atoms with Crippen molar-refractivity contribution in [3.63, 3.8) is 0 Å². The SMILES string of the molecule is CCC(C)(C)NC(=O)Cn1cccc1C(C)N. The van der Waals surface area contributed by atoms with Gasteiger partial charge >= 0.3 is 0 Å². The van der Waals surface area contributed by atoms with Crippen LogP contribution in [0.4, 0.5) is 0 Å². The lowest BCUT2D eigenvalue weighted by Gasteiger charge is -2.25. The zero-order chi connectivity index (χ0) is 13.1. The van der Waals surface area contributed by atoms with Gasteiger partial charge in [0.1, 0.15) is 6.54 Å². The molecular formula is C13H23N3O. The topological polar surface area (TPSA) is 60.0 Å². The summed E-state index contributed by atoms with van der Waals surface area (Å²) in [4.78, 5) is 11.9. The first kappa shape index (κ1) is 13.8. The Balaban J connectivity index is 2.65. The van der Waals surface area contributed by atoms with Crippen molar-refractivity contribution < 1.29 is 4.79 Å². The molecule has 1 atom stereocenters. The number of hydrogen-bond acceptors (Lipinski definition) is 2. The van der Waals surface area contributed by atoms with Crippen LogP contribution >= 0.6 is 0 Å². The lowest BCUT2D eigenvalue weighted by Crippen LogP contribution is -2.44. The van der Waals surface area contributed by atoms with E-state index in [9.17, 15) is 4.79 Å². The summed E-state index contributed by atoms with van der Waals surface area (Å²) in [6, 6.07) is 3.80. The van der Waals surface area contributed by atoms with Crippen molar-refractivity contribution >= 4 is 5.91 Å². The molecule has 4 nitrogen and oxygen atoms in total. The van der Waals surface area contributed by atoms with E-state index in [1.807, 2.05) is 43.7 Å². The van der Waals surface area contributed by atoms with Crippen LogP contribution in [0.25, 0.3) is 0 Å². The van der Waals surface area contributed by atoms with E-state index in [4.69, 9.17) is 5.73 Å². The maximum Gasteiger partial charge on any atom is 0.240 e. The lowest BCUT2D eigenvalue weighted by atomic mass is 10.0. The quantitative estimate of drug-likeness (QED) is 0.820. The first-order chi connectivity index (χ1) is 7.85. The van der Waals surface area contributed by atoms with Gasteiger partial charge in [-0.05, 0) is 39.3 Å². The van der Waals surface area contributed by atoms with Crippen LogP contribution in [0.3, 0.4) is 0 Å². The van der Waals surface area contributed by atoms with E-state index >= 15 is 0 Å². The average Bonchev–Trinajstić information content (AvgIpc) is 2.65. The molecule has 0 aromatic carbocycles. The van der Waals surface area contributed by atoms with Gasteiger partial charge < -0.3 is 15.6 Å². The average molecular weight is 237 g/mol. The third kappa shape index (κ3) is 3.89. The fourth-order valence-electron chi connectivity index (χ4n) is 1.64. The molecule has 0 spiro atoms. The minimum atomic E-state index is -0.154. The van der Waals surface area contributed by atoms with E-state index in [1.165, 1.54) is 0 Å². The van der Waals surface area contributed by atoms with E-state index in [2.05, 4.69) is 12.2 Å². The van der Waals surface area contributed by atoms with Crippen LogP contribution in [0.1, 0.15) is 45.9 Å². The van der Waals surface area contributed by atoms with E-state index in [0.29, 0.717) is 6.54 Å². The smallest absolute Gasteiger partial charge is 0.240 e. The number of rotatable bonds is 5. The molecule has 3 N–H and O–H groups in total. The fourth-order valence-corrected chi connectivity index (χ4v) is 1.64. The molecule has 0 fully saturated rings. The Hall–Kier alpha value is -1.29. The summed E-state index contributed by atoms with van der Waals surface area (Å²) in [5.41, 5.74) is 6.66. The van der Waals surface area contributed by atoms with Gasteiger partial charge in [-0.1, -0.05) is 6.92 Å². The van der Waals surface area contributed by atoms with Gasteiger partial charge in [0.2, 0.25) is 5.91 Å². The van der Waals surface area contributed by atoms with E-state index in [-0.39, 0.29) is 17.5 Å². The second kappa shape index (κ2) is 5.36. The van der Waals surface area contributed by atoms with E-state index in [1.54, 1.807) is 0 Å². The third-order valence-corrected chi connectivity index (χ3v) is 3.01. The number of nitrogens with one attached hydrogen (secondary N) is 1. The maximum absolute atomic E-state index is 11.9. The molecule has 1 rings (SSSR count). The van der Waals surface area contributed by atoms with Gasteiger partial charge in [0, 0.05) is 23.5 Å². The number of carbonyl (C=O) groups is 1. The summed E-state index contributed by atoms with van der Waals surface area (Å²) in [7, 11) is 0. The lowest BCUT2D eigenvalue weighted by molar-refractivity contribution is -0.123. The molecule has 1 heterocycles. The molecular weight excluding hydrogens is 214 g/mol. The minimum absolute atomic E-state index is 0.0231. The second-order valence-corrected chi connectivity index (χ2v) is 5.14. The Morgan fingerprint density at radius 1 is 1.59 bits per heavy atom. The standard InChI is InChI=1S/C13H23N3O/c1-5-13(3,4)15-12(17)9-16-8-6-7-11(16)10(2)14/h6-8,10H,5,9,14H2,1-4H3,(H,15,17). The molecule has 17 heavy (non-hydrogen) atoms. The predicted octanol–water partition coefficient (Wildman–Crippen LogP) is 1.81. The van der Waals surface area contributed by atoms with E-state index < -0.39 is 0 Å². The Morgan fingerprint density at radius 3 is 2.76 bits per heavy atom. The first-order valence-corrected chi connectivity index (χ1v) is 6.07. The molecule has 1 unspecified atom stereocenters. The molecule has 96 valence electrons. The second-order valence-electron chi connectivity index (χ2n) is 5.14. The highest BCUT2D eigenvalue weighted by molar-refractivity contribution is 5.76. The van der Waals surface area contributed by atoms with Crippen molar-refractivity contribution in [2.24, 2.45) is 5.73 Å². The van der Waals surface area contributed by atoms with Crippen LogP contribution in [-0.2, 0) is 11.3 Å². The number of carbonyl (C=O) groups excluding carboxylic acids is 1. The van der Waals surface area contributed by atoms with E-state index in [0.717, 1.165) is 12.1 Å². The summed E-state index contributed by atoms with van der Waals surface area (Å²) >= 11 is 0. The van der Waals surface area contributed by atoms with Gasteiger partial charge in [-0.15, -0.1) is 0 Å². The molecule has 0 saturated carbocycles. The molecule has 0 aliphatic rings. The van der Waals surface area contributed by atoms with Gasteiger partial charge in [0.05, 0.1) is 0 Å². The Kier molecular flexibility index (Phi) is 4.34. The van der Waals surface area contributed by atoms with Crippen molar-refractivity contribution in [2.45, 2.75) is 52.2 Å². The van der Waals surface area contributed by atoms with Crippen LogP contribution in [-0.4, -0.2) is 16.0 Å². The summed E-state index contributed by atoms with van der Waals surface area (Å²) in [5, 5.41) is 3.01. The predicted molar refractivity (Wildman–Crippen MR) is 69.5 cm³/mol. The normalized spacial score (nSPS) is 13.5. The van der Waals surface area contributed by atoms with Crippen LogP contribution in [0.15, 0.2) is 18.3 Å². The van der Waals surface area contributed by atoms with Crippen LogP contribution < -0.4 is 11.1 Å². The zero-order valence-electron chi connectivity index (χ0n) is 11.2. The maximum atomic E-state index is 11.9. The molecule has 1 aromatic heterocycles. The van der Waals surface area contributed by atoms with Crippen LogP contribution in [0.2, 0.25) is 0 Å². The van der Waals surface area contributed by atoms with Gasteiger partial charge in [-0.3, -0.25) is 4.79 Å². The molecule has 1 aromatic rings. The van der Waals surface area contributed by atoms with Crippen LogP contribution in [0, 0.1) is 0 Å². The van der Waals surface area contributed by atoms with Gasteiger partial charge in [0.15, 0.2) is 0 Å². The summed E-state index contributed by atoms with van der Waals surface area (Å²) < 4.78 is 1.89. The fraction of sp³-hybridized carbons (Fsp3) is 0.615. The number of nitrogens with two attached hydrogens (primary N) is 1. The Bertz CT molecular complexity index is 380. The summed E-state index contributed by atoms with van der Waals surface area (Å²) in [6.45, 7) is 8.34. The van der Waals surface area contributed by atoms with Gasteiger partial charge in [-0.2, -0.15) is 0 Å². The van der Waals surface area contributed by atoms with Gasteiger partial charge in [0.25, 0.3) is 0 Å². The summed E-state index contributed by atoms with van der Waals surface area (Å²) in [5.74, 6) is 0.0231. The van der Waals surface area contributed by atoms with Crippen molar-refractivity contribution in [3.8, 4) is 0 Å². The monoisotopic (exact) mass is 237 g/mol. The van der Waals surface area contributed by atoms with Crippen molar-refractivity contribution in [3.05, 3.63) is 24.0 Å². The highest BCUT2D eigenvalue weighted by atomic mass is 16.2. The highest BCUT2D eigenvalue weighted by Gasteiger charge is 2.18. The van der Waals surface area contributed by atoms with Crippen molar-refractivity contribution in [1.82, 2.24) is 9.88 Å². The number of nitrogens with zero attached hydrogens (tertiary/aromatic N) is 1. The minimum Gasteiger partial charge on any atom is -0.350 e. The molecule has 0 aliphatic heterocycles. The summed E-state index contributed by atoms with van der Waals surface area (Å²) in [6.07, 6.45) is 2.79. The van der Waals surface area contributed by atoms with Crippen molar-refractivity contribution in [2.75, 3.05) is 0 Å². The molecule has 0 radical (unpaired) electrons. The number of amides is 1. The largest absolute Gasteiger partial charge is 0.350 e. The zero-order valence-corrected chi connectivity index (χ0v) is 11.2. The first-order valence-electron chi connectivity index (χ1n) is 6.07. The Labute approximate surface area is 103 Å². The molecule has 4 heteroatoms. The Morgan fingerprint density at radius 2 is 2.24 bits per heavy atom. The number of aromatic nitrogens is 1. The van der Waals surface area contributed by atoms with Gasteiger partial charge in [-0.25, -0.2) is 0 Å². The molecule has 1 amide bonds. The number of hydrogen-bond donors (Lipinski definition) is 2. The molecule has 0 bridgehead atoms. The third-order valence-electron chi connectivity index (χ3n) is 3.01. The molecule has 0 saturated heterocycles.